The lowest BCUT2D eigenvalue weighted by molar-refractivity contribution is 0.309. The molecule has 0 fully saturated rings. The Balaban J connectivity index is 2.89. The molecule has 1 atom stereocenters. The average molecular weight is 224 g/mol. The van der Waals surface area contributed by atoms with E-state index >= 15 is 0 Å². The number of halogens is 1. The highest BCUT2D eigenvalue weighted by molar-refractivity contribution is 5.17. The Morgan fingerprint density at radius 3 is 2.62 bits per heavy atom. The molecule has 0 saturated carbocycles. The molecule has 1 aromatic heterocycles. The minimum absolute atomic E-state index is 0.0630. The SMILES string of the molecule is CCNC(CC(C)(C)C)c1ccncc1F. The third-order valence-electron chi connectivity index (χ3n) is 2.45. The smallest absolute Gasteiger partial charge is 0.146 e. The molecule has 1 rings (SSSR count). The largest absolute Gasteiger partial charge is 0.310 e. The molecule has 1 unspecified atom stereocenters. The number of nitrogens with zero attached hydrogens (tertiary/aromatic N) is 1. The standard InChI is InChI=1S/C13H21FN2/c1-5-16-12(8-13(2,3)4)10-6-7-15-9-11(10)14/h6-7,9,12,16H,5,8H2,1-4H3. The van der Waals surface area contributed by atoms with E-state index in [0.29, 0.717) is 5.56 Å². The van der Waals surface area contributed by atoms with Crippen molar-refractivity contribution in [3.05, 3.63) is 29.8 Å². The lowest BCUT2D eigenvalue weighted by atomic mass is 9.85. The van der Waals surface area contributed by atoms with E-state index in [9.17, 15) is 4.39 Å². The van der Waals surface area contributed by atoms with Crippen molar-refractivity contribution in [2.75, 3.05) is 6.54 Å². The van der Waals surface area contributed by atoms with Gasteiger partial charge < -0.3 is 5.32 Å². The van der Waals surface area contributed by atoms with Crippen molar-refractivity contribution in [1.82, 2.24) is 10.3 Å². The van der Waals surface area contributed by atoms with Crippen molar-refractivity contribution in [3.63, 3.8) is 0 Å². The predicted octanol–water partition coefficient (Wildman–Crippen LogP) is 3.31. The van der Waals surface area contributed by atoms with E-state index in [0.717, 1.165) is 13.0 Å². The predicted molar refractivity (Wildman–Crippen MR) is 64.7 cm³/mol. The summed E-state index contributed by atoms with van der Waals surface area (Å²) in [6, 6.07) is 1.82. The van der Waals surface area contributed by atoms with Gasteiger partial charge in [-0.2, -0.15) is 0 Å². The summed E-state index contributed by atoms with van der Waals surface area (Å²) < 4.78 is 13.6. The maximum Gasteiger partial charge on any atom is 0.146 e. The molecule has 0 spiro atoms. The normalized spacial score (nSPS) is 13.8. The Morgan fingerprint density at radius 2 is 2.12 bits per heavy atom. The number of rotatable bonds is 4. The Morgan fingerprint density at radius 1 is 1.44 bits per heavy atom. The van der Waals surface area contributed by atoms with Crippen LogP contribution in [0.5, 0.6) is 0 Å². The molecule has 0 radical (unpaired) electrons. The molecule has 0 aliphatic carbocycles. The van der Waals surface area contributed by atoms with Gasteiger partial charge >= 0.3 is 0 Å². The molecule has 0 aliphatic rings. The monoisotopic (exact) mass is 224 g/mol. The Labute approximate surface area is 97.3 Å². The Bertz CT molecular complexity index is 331. The fourth-order valence-electron chi connectivity index (χ4n) is 1.82. The van der Waals surface area contributed by atoms with Gasteiger partial charge in [0.15, 0.2) is 0 Å². The highest BCUT2D eigenvalue weighted by atomic mass is 19.1. The van der Waals surface area contributed by atoms with Gasteiger partial charge in [0.2, 0.25) is 0 Å². The molecule has 1 N–H and O–H groups in total. The zero-order valence-corrected chi connectivity index (χ0v) is 10.5. The summed E-state index contributed by atoms with van der Waals surface area (Å²) in [5, 5.41) is 3.33. The average Bonchev–Trinajstić information content (AvgIpc) is 2.16. The summed E-state index contributed by atoms with van der Waals surface area (Å²) in [4.78, 5) is 3.78. The first-order chi connectivity index (χ1) is 7.44. The number of hydrogen-bond acceptors (Lipinski definition) is 2. The van der Waals surface area contributed by atoms with Crippen LogP contribution in [0.4, 0.5) is 4.39 Å². The fraction of sp³-hybridized carbons (Fsp3) is 0.615. The zero-order valence-electron chi connectivity index (χ0n) is 10.5. The van der Waals surface area contributed by atoms with Gasteiger partial charge in [-0.3, -0.25) is 4.98 Å². The molecule has 0 amide bonds. The molecule has 2 nitrogen and oxygen atoms in total. The van der Waals surface area contributed by atoms with Crippen LogP contribution in [0.1, 0.15) is 45.7 Å². The van der Waals surface area contributed by atoms with Crippen molar-refractivity contribution in [1.29, 1.82) is 0 Å². The minimum Gasteiger partial charge on any atom is -0.310 e. The number of aromatic nitrogens is 1. The van der Waals surface area contributed by atoms with Gasteiger partial charge in [-0.05, 0) is 24.4 Å². The maximum absolute atomic E-state index is 13.6. The molecular weight excluding hydrogens is 203 g/mol. The summed E-state index contributed by atoms with van der Waals surface area (Å²) in [7, 11) is 0. The van der Waals surface area contributed by atoms with Gasteiger partial charge in [-0.1, -0.05) is 27.7 Å². The summed E-state index contributed by atoms with van der Waals surface area (Å²) in [6.45, 7) is 9.36. The molecule has 0 bridgehead atoms. The van der Waals surface area contributed by atoms with E-state index in [4.69, 9.17) is 0 Å². The highest BCUT2D eigenvalue weighted by Crippen LogP contribution is 2.30. The molecule has 0 aliphatic heterocycles. The highest BCUT2D eigenvalue weighted by Gasteiger charge is 2.21. The van der Waals surface area contributed by atoms with Gasteiger partial charge in [-0.15, -0.1) is 0 Å². The van der Waals surface area contributed by atoms with Gasteiger partial charge in [0.1, 0.15) is 5.82 Å². The van der Waals surface area contributed by atoms with Crippen LogP contribution in [0.3, 0.4) is 0 Å². The van der Waals surface area contributed by atoms with Crippen LogP contribution in [0.2, 0.25) is 0 Å². The first-order valence-corrected chi connectivity index (χ1v) is 5.77. The second-order valence-corrected chi connectivity index (χ2v) is 5.27. The molecule has 0 aromatic carbocycles. The van der Waals surface area contributed by atoms with E-state index in [1.165, 1.54) is 6.20 Å². The van der Waals surface area contributed by atoms with Gasteiger partial charge in [0.05, 0.1) is 6.20 Å². The van der Waals surface area contributed by atoms with Crippen LogP contribution < -0.4 is 5.32 Å². The maximum atomic E-state index is 13.6. The van der Waals surface area contributed by atoms with Crippen LogP contribution in [0.15, 0.2) is 18.5 Å². The minimum atomic E-state index is -0.224. The number of nitrogens with one attached hydrogen (secondary N) is 1. The Kier molecular flexibility index (Phi) is 4.42. The molecule has 0 saturated heterocycles. The Hall–Kier alpha value is -0.960. The van der Waals surface area contributed by atoms with Crippen molar-refractivity contribution >= 4 is 0 Å². The summed E-state index contributed by atoms with van der Waals surface area (Å²) in [5.41, 5.74) is 0.884. The van der Waals surface area contributed by atoms with Gasteiger partial charge in [0.25, 0.3) is 0 Å². The quantitative estimate of drug-likeness (QED) is 0.848. The zero-order chi connectivity index (χ0) is 12.2. The topological polar surface area (TPSA) is 24.9 Å². The molecule has 3 heteroatoms. The second kappa shape index (κ2) is 5.39. The third-order valence-corrected chi connectivity index (χ3v) is 2.45. The van der Waals surface area contributed by atoms with Crippen molar-refractivity contribution in [2.24, 2.45) is 5.41 Å². The van der Waals surface area contributed by atoms with E-state index in [-0.39, 0.29) is 17.3 Å². The number of pyridine rings is 1. The van der Waals surface area contributed by atoms with Crippen LogP contribution in [-0.4, -0.2) is 11.5 Å². The van der Waals surface area contributed by atoms with E-state index in [1.54, 1.807) is 12.3 Å². The van der Waals surface area contributed by atoms with Crippen LogP contribution in [-0.2, 0) is 0 Å². The van der Waals surface area contributed by atoms with Gasteiger partial charge in [-0.25, -0.2) is 4.39 Å². The first kappa shape index (κ1) is 13.1. The lowest BCUT2D eigenvalue weighted by Gasteiger charge is -2.27. The first-order valence-electron chi connectivity index (χ1n) is 5.77. The summed E-state index contributed by atoms with van der Waals surface area (Å²) in [5.74, 6) is -0.224. The van der Waals surface area contributed by atoms with Crippen LogP contribution in [0, 0.1) is 11.2 Å². The van der Waals surface area contributed by atoms with Crippen molar-refractivity contribution in [3.8, 4) is 0 Å². The van der Waals surface area contributed by atoms with Crippen LogP contribution >= 0.6 is 0 Å². The fourth-order valence-corrected chi connectivity index (χ4v) is 1.82. The van der Waals surface area contributed by atoms with E-state index < -0.39 is 0 Å². The van der Waals surface area contributed by atoms with Crippen molar-refractivity contribution < 1.29 is 4.39 Å². The van der Waals surface area contributed by atoms with Crippen LogP contribution in [0.25, 0.3) is 0 Å². The summed E-state index contributed by atoms with van der Waals surface area (Å²) >= 11 is 0. The molecule has 16 heavy (non-hydrogen) atoms. The van der Waals surface area contributed by atoms with E-state index in [1.807, 2.05) is 6.92 Å². The van der Waals surface area contributed by atoms with Gasteiger partial charge in [0, 0.05) is 17.8 Å². The molecule has 1 heterocycles. The molecular formula is C13H21FN2. The lowest BCUT2D eigenvalue weighted by Crippen LogP contribution is -2.26. The van der Waals surface area contributed by atoms with Crippen molar-refractivity contribution in [2.45, 2.75) is 40.2 Å². The third kappa shape index (κ3) is 3.89. The second-order valence-electron chi connectivity index (χ2n) is 5.27. The molecule has 1 aromatic rings. The summed E-state index contributed by atoms with van der Waals surface area (Å²) in [6.07, 6.45) is 3.83. The number of hydrogen-bond donors (Lipinski definition) is 1. The molecule has 90 valence electrons. The van der Waals surface area contributed by atoms with E-state index in [2.05, 4.69) is 31.1 Å².